The molecule has 1 saturated heterocycles. The SMILES string of the molecule is CCOC(=O)NS(=O)(=O)c1ccc(C(F)(F)F)cc1N1CCN(Cc2nc3ccccc3n2C)CC1. The number of halogens is 3. The molecule has 0 unspecified atom stereocenters. The molecule has 1 amide bonds. The molecule has 1 aliphatic heterocycles. The Labute approximate surface area is 206 Å². The fourth-order valence-corrected chi connectivity index (χ4v) is 5.28. The number of aromatic nitrogens is 2. The molecule has 13 heteroatoms. The van der Waals surface area contributed by atoms with Gasteiger partial charge >= 0.3 is 12.3 Å². The van der Waals surface area contributed by atoms with E-state index in [0.29, 0.717) is 25.7 Å². The highest BCUT2D eigenvalue weighted by Crippen LogP contribution is 2.35. The molecule has 0 radical (unpaired) electrons. The number of carbonyl (C=O) groups excluding carboxylic acids is 1. The number of nitrogens with zero attached hydrogens (tertiary/aromatic N) is 4. The van der Waals surface area contributed by atoms with Crippen molar-refractivity contribution in [1.82, 2.24) is 19.2 Å². The second kappa shape index (κ2) is 9.97. The number of carbonyl (C=O) groups is 1. The lowest BCUT2D eigenvalue weighted by molar-refractivity contribution is -0.137. The topological polar surface area (TPSA) is 96.8 Å². The maximum absolute atomic E-state index is 13.4. The van der Waals surface area contributed by atoms with E-state index in [2.05, 4.69) is 14.6 Å². The van der Waals surface area contributed by atoms with Gasteiger partial charge < -0.3 is 14.2 Å². The van der Waals surface area contributed by atoms with Crippen LogP contribution in [0.1, 0.15) is 18.3 Å². The third kappa shape index (κ3) is 5.41. The number of anilines is 1. The number of rotatable bonds is 6. The van der Waals surface area contributed by atoms with Gasteiger partial charge in [-0.2, -0.15) is 13.2 Å². The van der Waals surface area contributed by atoms with Crippen LogP contribution < -0.4 is 9.62 Å². The van der Waals surface area contributed by atoms with E-state index in [4.69, 9.17) is 0 Å². The highest BCUT2D eigenvalue weighted by atomic mass is 32.2. The number of benzene rings is 2. The van der Waals surface area contributed by atoms with Crippen molar-refractivity contribution in [1.29, 1.82) is 0 Å². The molecule has 9 nitrogen and oxygen atoms in total. The van der Waals surface area contributed by atoms with Crippen LogP contribution in [0.4, 0.5) is 23.7 Å². The number of para-hydroxylation sites is 2. The molecule has 194 valence electrons. The van der Waals surface area contributed by atoms with Gasteiger partial charge in [0, 0.05) is 33.2 Å². The number of piperazine rings is 1. The number of fused-ring (bicyclic) bond motifs is 1. The van der Waals surface area contributed by atoms with Crippen molar-refractivity contribution < 1.29 is 31.1 Å². The number of hydrogen-bond acceptors (Lipinski definition) is 7. The molecule has 1 aliphatic rings. The molecule has 0 atom stereocenters. The summed E-state index contributed by atoms with van der Waals surface area (Å²) in [4.78, 5) is 19.7. The Morgan fingerprint density at radius 2 is 1.81 bits per heavy atom. The number of aryl methyl sites for hydroxylation is 1. The lowest BCUT2D eigenvalue weighted by Crippen LogP contribution is -2.47. The third-order valence-electron chi connectivity index (χ3n) is 6.03. The standard InChI is InChI=1S/C23H26F3N5O4S/c1-3-35-22(32)28-36(33,34)20-9-8-16(23(24,25)26)14-19(20)31-12-10-30(11-13-31)15-21-27-17-6-4-5-7-18(17)29(21)2/h4-9,14H,3,10-13,15H2,1-2H3,(H,28,32). The van der Waals surface area contributed by atoms with E-state index < -0.39 is 32.8 Å². The highest BCUT2D eigenvalue weighted by molar-refractivity contribution is 7.90. The minimum Gasteiger partial charge on any atom is -0.449 e. The van der Waals surface area contributed by atoms with Crippen LogP contribution in [0.15, 0.2) is 47.4 Å². The quantitative estimate of drug-likeness (QED) is 0.527. The number of hydrogen-bond donors (Lipinski definition) is 1. The molecule has 2 aromatic carbocycles. The Hall–Kier alpha value is -3.32. The normalized spacial score (nSPS) is 15.3. The van der Waals surface area contributed by atoms with Gasteiger partial charge in [-0.05, 0) is 37.3 Å². The molecular formula is C23H26F3N5O4S. The Morgan fingerprint density at radius 3 is 2.44 bits per heavy atom. The zero-order valence-corrected chi connectivity index (χ0v) is 20.6. The summed E-state index contributed by atoms with van der Waals surface area (Å²) in [7, 11) is -2.54. The van der Waals surface area contributed by atoms with Gasteiger partial charge in [0.05, 0.1) is 35.4 Å². The first kappa shape index (κ1) is 25.8. The van der Waals surface area contributed by atoms with Gasteiger partial charge in [0.2, 0.25) is 0 Å². The fourth-order valence-electron chi connectivity index (χ4n) is 4.18. The van der Waals surface area contributed by atoms with Crippen molar-refractivity contribution in [3.8, 4) is 0 Å². The van der Waals surface area contributed by atoms with Crippen molar-refractivity contribution in [2.45, 2.75) is 24.5 Å². The Balaban J connectivity index is 1.56. The van der Waals surface area contributed by atoms with E-state index in [9.17, 15) is 26.4 Å². The lowest BCUT2D eigenvalue weighted by Gasteiger charge is -2.36. The van der Waals surface area contributed by atoms with Crippen LogP contribution in [0.3, 0.4) is 0 Å². The van der Waals surface area contributed by atoms with E-state index in [1.807, 2.05) is 35.9 Å². The van der Waals surface area contributed by atoms with Gasteiger partial charge in [0.15, 0.2) is 0 Å². The second-order valence-corrected chi connectivity index (χ2v) is 10.00. The summed E-state index contributed by atoms with van der Waals surface area (Å²) in [6.45, 7) is 3.50. The number of nitrogens with one attached hydrogen (secondary N) is 1. The van der Waals surface area contributed by atoms with E-state index in [0.717, 1.165) is 29.0 Å². The minimum absolute atomic E-state index is 0.0608. The van der Waals surface area contributed by atoms with Crippen LogP contribution in [0.5, 0.6) is 0 Å². The van der Waals surface area contributed by atoms with Crippen molar-refractivity contribution in [2.24, 2.45) is 7.05 Å². The molecule has 1 fully saturated rings. The van der Waals surface area contributed by atoms with Crippen LogP contribution in [-0.2, 0) is 34.5 Å². The first-order valence-corrected chi connectivity index (χ1v) is 12.8. The number of amides is 1. The molecule has 2 heterocycles. The monoisotopic (exact) mass is 525 g/mol. The van der Waals surface area contributed by atoms with Gasteiger partial charge in [-0.1, -0.05) is 12.1 Å². The van der Waals surface area contributed by atoms with Crippen LogP contribution in [0.2, 0.25) is 0 Å². The summed E-state index contributed by atoms with van der Waals surface area (Å²) in [6.07, 6.45) is -5.86. The molecule has 1 aromatic heterocycles. The number of imidazole rings is 1. The maximum Gasteiger partial charge on any atom is 0.421 e. The Morgan fingerprint density at radius 1 is 1.11 bits per heavy atom. The zero-order valence-electron chi connectivity index (χ0n) is 19.7. The smallest absolute Gasteiger partial charge is 0.421 e. The van der Waals surface area contributed by atoms with E-state index in [1.165, 1.54) is 6.92 Å². The molecule has 3 aromatic rings. The molecule has 4 rings (SSSR count). The number of ether oxygens (including phenoxy) is 1. The maximum atomic E-state index is 13.4. The largest absolute Gasteiger partial charge is 0.449 e. The Kier molecular flexibility index (Phi) is 7.14. The summed E-state index contributed by atoms with van der Waals surface area (Å²) in [5.41, 5.74) is 0.777. The molecule has 1 N–H and O–H groups in total. The number of sulfonamides is 1. The molecule has 0 bridgehead atoms. The van der Waals surface area contributed by atoms with Crippen molar-refractivity contribution in [3.05, 3.63) is 53.9 Å². The molecular weight excluding hydrogens is 499 g/mol. The minimum atomic E-state index is -4.66. The van der Waals surface area contributed by atoms with Crippen LogP contribution >= 0.6 is 0 Å². The summed E-state index contributed by atoms with van der Waals surface area (Å²) >= 11 is 0. The van der Waals surface area contributed by atoms with Gasteiger partial charge in [-0.15, -0.1) is 0 Å². The Bertz CT molecular complexity index is 1370. The number of alkyl halides is 3. The highest BCUT2D eigenvalue weighted by Gasteiger charge is 2.34. The van der Waals surface area contributed by atoms with Gasteiger partial charge in [0.25, 0.3) is 10.0 Å². The van der Waals surface area contributed by atoms with Crippen LogP contribution in [0.25, 0.3) is 11.0 Å². The summed E-state index contributed by atoms with van der Waals surface area (Å²) in [5, 5.41) is 0. The fraction of sp³-hybridized carbons (Fsp3) is 0.391. The van der Waals surface area contributed by atoms with Gasteiger partial charge in [0.1, 0.15) is 10.7 Å². The van der Waals surface area contributed by atoms with Gasteiger partial charge in [-0.3, -0.25) is 4.90 Å². The average molecular weight is 526 g/mol. The van der Waals surface area contributed by atoms with E-state index >= 15 is 0 Å². The molecule has 0 saturated carbocycles. The average Bonchev–Trinajstić information content (AvgIpc) is 3.13. The predicted molar refractivity (Wildman–Crippen MR) is 127 cm³/mol. The second-order valence-electron chi connectivity index (χ2n) is 8.35. The van der Waals surface area contributed by atoms with E-state index in [1.54, 1.807) is 9.62 Å². The van der Waals surface area contributed by atoms with Crippen LogP contribution in [0, 0.1) is 0 Å². The van der Waals surface area contributed by atoms with Crippen molar-refractivity contribution >= 4 is 32.8 Å². The van der Waals surface area contributed by atoms with Gasteiger partial charge in [-0.25, -0.2) is 22.9 Å². The lowest BCUT2D eigenvalue weighted by atomic mass is 10.1. The van der Waals surface area contributed by atoms with Crippen LogP contribution in [-0.4, -0.2) is 61.7 Å². The van der Waals surface area contributed by atoms with Crippen molar-refractivity contribution in [3.63, 3.8) is 0 Å². The summed E-state index contributed by atoms with van der Waals surface area (Å²) in [5.74, 6) is 0.852. The third-order valence-corrected chi connectivity index (χ3v) is 7.39. The molecule has 36 heavy (non-hydrogen) atoms. The summed E-state index contributed by atoms with van der Waals surface area (Å²) < 4.78 is 74.3. The molecule has 0 aliphatic carbocycles. The first-order valence-electron chi connectivity index (χ1n) is 11.3. The first-order chi connectivity index (χ1) is 17.0. The zero-order chi connectivity index (χ0) is 26.1. The summed E-state index contributed by atoms with van der Waals surface area (Å²) in [6, 6.07) is 10.1. The molecule has 0 spiro atoms. The van der Waals surface area contributed by atoms with E-state index in [-0.39, 0.29) is 25.4 Å². The van der Waals surface area contributed by atoms with Crippen molar-refractivity contribution in [2.75, 3.05) is 37.7 Å². The predicted octanol–water partition coefficient (Wildman–Crippen LogP) is 3.35.